The normalized spacial score (nSPS) is 17.8. The molecule has 0 unspecified atom stereocenters. The Bertz CT molecular complexity index is 620. The smallest absolute Gasteiger partial charge is 0.335 e. The Hall–Kier alpha value is -1.44. The van der Waals surface area contributed by atoms with E-state index in [1.165, 1.54) is 18.2 Å². The van der Waals surface area contributed by atoms with E-state index in [-0.39, 0.29) is 17.9 Å². The van der Waals surface area contributed by atoms with Crippen LogP contribution < -0.4 is 4.72 Å². The lowest BCUT2D eigenvalue weighted by molar-refractivity contribution is 0.0696. The lowest BCUT2D eigenvalue weighted by Gasteiger charge is -2.27. The van der Waals surface area contributed by atoms with Crippen molar-refractivity contribution in [2.45, 2.75) is 37.0 Å². The molecule has 0 amide bonds. The number of aliphatic hydroxyl groups excluding tert-OH is 1. The molecule has 0 bridgehead atoms. The van der Waals surface area contributed by atoms with Gasteiger partial charge in [0.15, 0.2) is 0 Å². The minimum absolute atomic E-state index is 0.0560. The van der Waals surface area contributed by atoms with Crippen molar-refractivity contribution < 1.29 is 23.4 Å². The van der Waals surface area contributed by atoms with Crippen molar-refractivity contribution in [3.05, 3.63) is 35.4 Å². The maximum Gasteiger partial charge on any atom is 0.335 e. The fraction of sp³-hybridized carbons (Fsp3) is 0.500. The first kappa shape index (κ1) is 15.9. The van der Waals surface area contributed by atoms with Crippen LogP contribution in [0.1, 0.15) is 41.6 Å². The molecule has 0 aliphatic heterocycles. The van der Waals surface area contributed by atoms with Gasteiger partial charge in [-0.15, -0.1) is 0 Å². The SMILES string of the molecule is O=C(O)c1cccc(CS(=O)(=O)NC2(CO)CCCC2)c1. The molecule has 1 aliphatic carbocycles. The van der Waals surface area contributed by atoms with Crippen LogP contribution in [0.5, 0.6) is 0 Å². The van der Waals surface area contributed by atoms with Gasteiger partial charge in [-0.1, -0.05) is 25.0 Å². The highest BCUT2D eigenvalue weighted by atomic mass is 32.2. The molecule has 3 N–H and O–H groups in total. The zero-order valence-electron chi connectivity index (χ0n) is 11.6. The number of carbonyl (C=O) groups is 1. The molecule has 0 saturated heterocycles. The highest BCUT2D eigenvalue weighted by molar-refractivity contribution is 7.88. The Morgan fingerprint density at radius 1 is 1.29 bits per heavy atom. The maximum absolute atomic E-state index is 12.2. The molecule has 1 saturated carbocycles. The van der Waals surface area contributed by atoms with Crippen molar-refractivity contribution in [1.82, 2.24) is 4.72 Å². The van der Waals surface area contributed by atoms with Gasteiger partial charge in [0.1, 0.15) is 0 Å². The minimum atomic E-state index is -3.63. The van der Waals surface area contributed by atoms with Crippen LogP contribution in [0, 0.1) is 0 Å². The Labute approximate surface area is 123 Å². The third kappa shape index (κ3) is 4.03. The molecule has 1 aromatic carbocycles. The molecule has 6 nitrogen and oxygen atoms in total. The second kappa shape index (κ2) is 6.13. The van der Waals surface area contributed by atoms with Crippen LogP contribution in [0.3, 0.4) is 0 Å². The summed E-state index contributed by atoms with van der Waals surface area (Å²) in [7, 11) is -3.63. The summed E-state index contributed by atoms with van der Waals surface area (Å²) in [6.07, 6.45) is 3.02. The summed E-state index contributed by atoms with van der Waals surface area (Å²) in [6, 6.07) is 5.86. The van der Waals surface area contributed by atoms with Crippen LogP contribution in [-0.4, -0.2) is 36.7 Å². The summed E-state index contributed by atoms with van der Waals surface area (Å²) in [5.41, 5.74) is -0.294. The lowest BCUT2D eigenvalue weighted by atomic mass is 10.0. The highest BCUT2D eigenvalue weighted by Gasteiger charge is 2.36. The Morgan fingerprint density at radius 2 is 1.95 bits per heavy atom. The first-order valence-corrected chi connectivity index (χ1v) is 8.46. The summed E-state index contributed by atoms with van der Waals surface area (Å²) in [5, 5.41) is 18.4. The molecule has 1 aromatic rings. The first-order chi connectivity index (χ1) is 9.86. The quantitative estimate of drug-likeness (QED) is 0.730. The van der Waals surface area contributed by atoms with Gasteiger partial charge in [-0.2, -0.15) is 0 Å². The number of sulfonamides is 1. The van der Waals surface area contributed by atoms with Gasteiger partial charge >= 0.3 is 5.97 Å². The van der Waals surface area contributed by atoms with Crippen LogP contribution in [0.15, 0.2) is 24.3 Å². The van der Waals surface area contributed by atoms with Gasteiger partial charge in [0.05, 0.1) is 23.5 Å². The number of nitrogens with one attached hydrogen (secondary N) is 1. The van der Waals surface area contributed by atoms with Crippen molar-refractivity contribution >= 4 is 16.0 Å². The number of hydrogen-bond acceptors (Lipinski definition) is 4. The van der Waals surface area contributed by atoms with Gasteiger partial charge in [-0.25, -0.2) is 17.9 Å². The van der Waals surface area contributed by atoms with Crippen molar-refractivity contribution in [1.29, 1.82) is 0 Å². The first-order valence-electron chi connectivity index (χ1n) is 6.81. The van der Waals surface area contributed by atoms with E-state index >= 15 is 0 Å². The Balaban J connectivity index is 2.14. The molecule has 7 heteroatoms. The maximum atomic E-state index is 12.2. The van der Waals surface area contributed by atoms with E-state index in [2.05, 4.69) is 4.72 Å². The molecular weight excluding hydrogens is 294 g/mol. The number of benzene rings is 1. The average Bonchev–Trinajstić information content (AvgIpc) is 2.86. The fourth-order valence-electron chi connectivity index (χ4n) is 2.72. The second-order valence-electron chi connectivity index (χ2n) is 5.51. The fourth-order valence-corrected chi connectivity index (χ4v) is 4.34. The zero-order valence-corrected chi connectivity index (χ0v) is 12.4. The summed E-state index contributed by atoms with van der Waals surface area (Å²) in [5.74, 6) is -1.39. The van der Waals surface area contributed by atoms with E-state index < -0.39 is 21.5 Å². The lowest BCUT2D eigenvalue weighted by Crippen LogP contribution is -2.49. The van der Waals surface area contributed by atoms with E-state index in [0.717, 1.165) is 12.8 Å². The predicted molar refractivity (Wildman–Crippen MR) is 77.4 cm³/mol. The number of rotatable bonds is 6. The van der Waals surface area contributed by atoms with Crippen LogP contribution in [0.25, 0.3) is 0 Å². The number of carboxylic acid groups (broad SMARTS) is 1. The monoisotopic (exact) mass is 313 g/mol. The van der Waals surface area contributed by atoms with Gasteiger partial charge < -0.3 is 10.2 Å². The van der Waals surface area contributed by atoms with Crippen LogP contribution in [0.4, 0.5) is 0 Å². The molecule has 2 rings (SSSR count). The standard InChI is InChI=1S/C14H19NO5S/c16-10-14(6-1-2-7-14)15-21(19,20)9-11-4-3-5-12(8-11)13(17)18/h3-5,8,15-16H,1-2,6-7,9-10H2,(H,17,18). The van der Waals surface area contributed by atoms with E-state index in [1.54, 1.807) is 6.07 Å². The number of aliphatic hydroxyl groups is 1. The molecular formula is C14H19NO5S. The van der Waals surface area contributed by atoms with Crippen LogP contribution in [-0.2, 0) is 15.8 Å². The van der Waals surface area contributed by atoms with Crippen LogP contribution in [0.2, 0.25) is 0 Å². The van der Waals surface area contributed by atoms with Gasteiger partial charge in [-0.05, 0) is 30.5 Å². The molecule has 21 heavy (non-hydrogen) atoms. The van der Waals surface area contributed by atoms with Crippen LogP contribution >= 0.6 is 0 Å². The minimum Gasteiger partial charge on any atom is -0.478 e. The molecule has 0 spiro atoms. The summed E-state index contributed by atoms with van der Waals surface area (Å²) >= 11 is 0. The summed E-state index contributed by atoms with van der Waals surface area (Å²) < 4.78 is 27.1. The van der Waals surface area contributed by atoms with Crippen molar-refractivity contribution in [3.8, 4) is 0 Å². The third-order valence-corrected chi connectivity index (χ3v) is 5.22. The second-order valence-corrected chi connectivity index (χ2v) is 7.23. The average molecular weight is 313 g/mol. The van der Waals surface area contributed by atoms with Gasteiger partial charge in [0.2, 0.25) is 10.0 Å². The van der Waals surface area contributed by atoms with Gasteiger partial charge in [0.25, 0.3) is 0 Å². The summed E-state index contributed by atoms with van der Waals surface area (Å²) in [6.45, 7) is -0.221. The van der Waals surface area contributed by atoms with E-state index in [9.17, 15) is 18.3 Å². The van der Waals surface area contributed by atoms with E-state index in [1.807, 2.05) is 0 Å². The molecule has 0 radical (unpaired) electrons. The Kier molecular flexibility index (Phi) is 4.65. The van der Waals surface area contributed by atoms with Crippen molar-refractivity contribution in [2.75, 3.05) is 6.61 Å². The third-order valence-electron chi connectivity index (χ3n) is 3.77. The van der Waals surface area contributed by atoms with E-state index in [0.29, 0.717) is 18.4 Å². The van der Waals surface area contributed by atoms with E-state index in [4.69, 9.17) is 5.11 Å². The van der Waals surface area contributed by atoms with Gasteiger partial charge in [-0.3, -0.25) is 0 Å². The number of hydrogen-bond donors (Lipinski definition) is 3. The zero-order chi connectivity index (χ0) is 15.5. The molecule has 1 aliphatic rings. The molecule has 0 aromatic heterocycles. The molecule has 0 atom stereocenters. The summed E-state index contributed by atoms with van der Waals surface area (Å²) in [4.78, 5) is 10.9. The molecule has 1 fully saturated rings. The number of aromatic carboxylic acids is 1. The topological polar surface area (TPSA) is 104 Å². The van der Waals surface area contributed by atoms with Gasteiger partial charge in [0, 0.05) is 0 Å². The molecule has 116 valence electrons. The largest absolute Gasteiger partial charge is 0.478 e. The number of carboxylic acids is 1. The Morgan fingerprint density at radius 3 is 2.52 bits per heavy atom. The van der Waals surface area contributed by atoms with Crippen molar-refractivity contribution in [3.63, 3.8) is 0 Å². The highest BCUT2D eigenvalue weighted by Crippen LogP contribution is 2.30. The predicted octanol–water partition coefficient (Wildman–Crippen LogP) is 1.11. The molecule has 0 heterocycles. The van der Waals surface area contributed by atoms with Crippen molar-refractivity contribution in [2.24, 2.45) is 0 Å².